The third-order valence-electron chi connectivity index (χ3n) is 5.36. The van der Waals surface area contributed by atoms with Crippen molar-refractivity contribution in [3.63, 3.8) is 0 Å². The molecule has 2 aliphatic heterocycles. The molecular weight excluding hydrogens is 322 g/mol. The van der Waals surface area contributed by atoms with Gasteiger partial charge in [-0.1, -0.05) is 0 Å². The monoisotopic (exact) mass is 349 g/mol. The number of hydrogen-bond acceptors (Lipinski definition) is 6. The highest BCUT2D eigenvalue weighted by Gasteiger charge is 2.32. The Morgan fingerprint density at radius 3 is 2.84 bits per heavy atom. The summed E-state index contributed by atoms with van der Waals surface area (Å²) in [6.07, 6.45) is 5.54. The van der Waals surface area contributed by atoms with Crippen LogP contribution < -0.4 is 15.8 Å². The third kappa shape index (κ3) is 4.19. The molecule has 2 fully saturated rings. The van der Waals surface area contributed by atoms with E-state index in [0.717, 1.165) is 32.5 Å². The molecule has 25 heavy (non-hydrogen) atoms. The van der Waals surface area contributed by atoms with Gasteiger partial charge >= 0.3 is 0 Å². The molecule has 3 heterocycles. The number of nitrogens with zero attached hydrogens (tertiary/aromatic N) is 4. The van der Waals surface area contributed by atoms with Crippen LogP contribution in [0.25, 0.3) is 0 Å². The summed E-state index contributed by atoms with van der Waals surface area (Å²) in [5.74, 6) is 0.645. The molecule has 0 spiro atoms. The predicted molar refractivity (Wildman–Crippen MR) is 94.6 cm³/mol. The number of aliphatic hydroxyl groups is 1. The molecule has 0 bridgehead atoms. The van der Waals surface area contributed by atoms with Gasteiger partial charge in [-0.05, 0) is 32.7 Å². The highest BCUT2D eigenvalue weighted by atomic mass is 16.3. The van der Waals surface area contributed by atoms with Crippen molar-refractivity contribution in [3.05, 3.63) is 22.7 Å². The maximum atomic E-state index is 12.5. The molecule has 0 radical (unpaired) electrons. The second-order valence-corrected chi connectivity index (χ2v) is 7.26. The average molecular weight is 349 g/mol. The number of nitrogens with one attached hydrogen (secondary N) is 1. The summed E-state index contributed by atoms with van der Waals surface area (Å²) in [6.45, 7) is 3.33. The van der Waals surface area contributed by atoms with Gasteiger partial charge < -0.3 is 20.2 Å². The van der Waals surface area contributed by atoms with Crippen LogP contribution in [0.15, 0.2) is 17.2 Å². The van der Waals surface area contributed by atoms with Crippen molar-refractivity contribution < 1.29 is 9.90 Å². The van der Waals surface area contributed by atoms with Crippen molar-refractivity contribution in [3.8, 4) is 0 Å². The Bertz CT molecular complexity index is 654. The molecule has 0 aromatic carbocycles. The van der Waals surface area contributed by atoms with Crippen LogP contribution in [0.5, 0.6) is 0 Å². The maximum Gasteiger partial charge on any atom is 0.255 e. The molecule has 1 atom stereocenters. The summed E-state index contributed by atoms with van der Waals surface area (Å²) in [4.78, 5) is 31.7. The average Bonchev–Trinajstić information content (AvgIpc) is 3.06. The zero-order valence-corrected chi connectivity index (χ0v) is 14.7. The van der Waals surface area contributed by atoms with E-state index in [1.807, 2.05) is 7.05 Å². The number of rotatable bonds is 6. The molecule has 2 saturated heterocycles. The van der Waals surface area contributed by atoms with E-state index >= 15 is 0 Å². The Hall–Kier alpha value is -1.93. The molecule has 1 aromatic heterocycles. The van der Waals surface area contributed by atoms with Crippen LogP contribution in [0, 0.1) is 0 Å². The normalized spacial score (nSPS) is 23.6. The van der Waals surface area contributed by atoms with Gasteiger partial charge in [0.1, 0.15) is 5.82 Å². The molecular formula is C17H27N5O3. The Kier molecular flexibility index (Phi) is 5.39. The van der Waals surface area contributed by atoms with E-state index in [1.165, 1.54) is 17.0 Å². The molecule has 2 aliphatic rings. The number of likely N-dealkylation sites (tertiary alicyclic amines) is 1. The number of aromatic nitrogens is 2. The topological polar surface area (TPSA) is 90.7 Å². The lowest BCUT2D eigenvalue weighted by molar-refractivity contribution is -0.109. The summed E-state index contributed by atoms with van der Waals surface area (Å²) < 4.78 is 1.50. The number of piperidine rings is 1. The smallest absolute Gasteiger partial charge is 0.255 e. The fourth-order valence-electron chi connectivity index (χ4n) is 3.74. The first-order valence-electron chi connectivity index (χ1n) is 8.92. The van der Waals surface area contributed by atoms with E-state index in [9.17, 15) is 14.7 Å². The van der Waals surface area contributed by atoms with Gasteiger partial charge in [0.05, 0.1) is 18.5 Å². The first kappa shape index (κ1) is 17.9. The standard InChI is InChI=1S/C17H27N5O3/c1-20-7-4-17(25,5-8-20)11-21-12-19-15(9-16(21)24)22-6-2-3-14(22)10-18-13-23/h9,12-14,25H,2-8,10-11H2,1H3,(H,18,23). The van der Waals surface area contributed by atoms with Gasteiger partial charge in [0.2, 0.25) is 6.41 Å². The van der Waals surface area contributed by atoms with Crippen molar-refractivity contribution >= 4 is 12.2 Å². The quantitative estimate of drug-likeness (QED) is 0.668. The molecule has 0 saturated carbocycles. The molecule has 2 N–H and O–H groups in total. The number of hydrogen-bond donors (Lipinski definition) is 2. The fourth-order valence-corrected chi connectivity index (χ4v) is 3.74. The highest BCUT2D eigenvalue weighted by molar-refractivity contribution is 5.47. The van der Waals surface area contributed by atoms with Crippen molar-refractivity contribution in [1.82, 2.24) is 19.8 Å². The lowest BCUT2D eigenvalue weighted by atomic mass is 9.91. The van der Waals surface area contributed by atoms with Crippen LogP contribution in [-0.2, 0) is 11.3 Å². The van der Waals surface area contributed by atoms with Crippen LogP contribution in [0.2, 0.25) is 0 Å². The van der Waals surface area contributed by atoms with Crippen LogP contribution in [0.4, 0.5) is 5.82 Å². The molecule has 1 amide bonds. The molecule has 1 unspecified atom stereocenters. The Balaban J connectivity index is 1.70. The Morgan fingerprint density at radius 1 is 1.40 bits per heavy atom. The summed E-state index contributed by atoms with van der Waals surface area (Å²) in [5, 5.41) is 13.4. The summed E-state index contributed by atoms with van der Waals surface area (Å²) in [5.41, 5.74) is -0.991. The van der Waals surface area contributed by atoms with Gasteiger partial charge in [-0.15, -0.1) is 0 Å². The number of anilines is 1. The molecule has 138 valence electrons. The molecule has 1 aromatic rings. The van der Waals surface area contributed by atoms with E-state index in [2.05, 4.69) is 20.1 Å². The molecule has 0 aliphatic carbocycles. The second kappa shape index (κ2) is 7.53. The minimum Gasteiger partial charge on any atom is -0.388 e. The van der Waals surface area contributed by atoms with Gasteiger partial charge in [-0.3, -0.25) is 14.2 Å². The van der Waals surface area contributed by atoms with E-state index in [0.29, 0.717) is 31.6 Å². The number of carbonyl (C=O) groups excluding carboxylic acids is 1. The SMILES string of the molecule is CN1CCC(O)(Cn2cnc(N3CCCC3CNC=O)cc2=O)CC1. The van der Waals surface area contributed by atoms with E-state index in [1.54, 1.807) is 0 Å². The second-order valence-electron chi connectivity index (χ2n) is 7.26. The van der Waals surface area contributed by atoms with Gasteiger partial charge in [-0.25, -0.2) is 4.98 Å². The molecule has 3 rings (SSSR count). The van der Waals surface area contributed by atoms with Gasteiger partial charge in [0.15, 0.2) is 0 Å². The number of carbonyl (C=O) groups is 1. The summed E-state index contributed by atoms with van der Waals surface area (Å²) >= 11 is 0. The predicted octanol–water partition coefficient (Wildman–Crippen LogP) is -0.585. The minimum atomic E-state index is -0.844. The van der Waals surface area contributed by atoms with Crippen LogP contribution in [-0.4, -0.2) is 70.8 Å². The number of amides is 1. The van der Waals surface area contributed by atoms with E-state index in [4.69, 9.17) is 0 Å². The van der Waals surface area contributed by atoms with E-state index in [-0.39, 0.29) is 18.1 Å². The molecule has 8 nitrogen and oxygen atoms in total. The zero-order chi connectivity index (χ0) is 17.9. The van der Waals surface area contributed by atoms with Crippen LogP contribution >= 0.6 is 0 Å². The summed E-state index contributed by atoms with van der Waals surface area (Å²) in [7, 11) is 2.04. The minimum absolute atomic E-state index is 0.147. The Labute approximate surface area is 147 Å². The third-order valence-corrected chi connectivity index (χ3v) is 5.36. The first-order valence-corrected chi connectivity index (χ1v) is 8.92. The van der Waals surface area contributed by atoms with Crippen LogP contribution in [0.3, 0.4) is 0 Å². The van der Waals surface area contributed by atoms with E-state index < -0.39 is 5.60 Å². The molecule has 8 heteroatoms. The zero-order valence-electron chi connectivity index (χ0n) is 14.7. The highest BCUT2D eigenvalue weighted by Crippen LogP contribution is 2.24. The fraction of sp³-hybridized carbons (Fsp3) is 0.706. The lowest BCUT2D eigenvalue weighted by Crippen LogP contribution is -2.47. The van der Waals surface area contributed by atoms with Gasteiger partial charge in [-0.2, -0.15) is 0 Å². The van der Waals surface area contributed by atoms with Gasteiger partial charge in [0, 0.05) is 38.3 Å². The van der Waals surface area contributed by atoms with Crippen molar-refractivity contribution in [1.29, 1.82) is 0 Å². The van der Waals surface area contributed by atoms with Crippen molar-refractivity contribution in [2.24, 2.45) is 0 Å². The van der Waals surface area contributed by atoms with Crippen molar-refractivity contribution in [2.45, 2.75) is 43.9 Å². The Morgan fingerprint density at radius 2 is 2.16 bits per heavy atom. The lowest BCUT2D eigenvalue weighted by Gasteiger charge is -2.36. The maximum absolute atomic E-state index is 12.5. The first-order chi connectivity index (χ1) is 12.0. The van der Waals surface area contributed by atoms with Crippen LogP contribution in [0.1, 0.15) is 25.7 Å². The van der Waals surface area contributed by atoms with Crippen molar-refractivity contribution in [2.75, 3.05) is 38.1 Å². The largest absolute Gasteiger partial charge is 0.388 e. The van der Waals surface area contributed by atoms with Gasteiger partial charge in [0.25, 0.3) is 5.56 Å². The summed E-state index contributed by atoms with van der Waals surface area (Å²) in [6, 6.07) is 1.71.